The molecule has 0 spiro atoms. The van der Waals surface area contributed by atoms with Crippen molar-refractivity contribution in [1.82, 2.24) is 16.0 Å². The molecule has 0 fully saturated rings. The van der Waals surface area contributed by atoms with E-state index in [2.05, 4.69) is 40.0 Å². The quantitative estimate of drug-likeness (QED) is 0.310. The van der Waals surface area contributed by atoms with E-state index in [4.69, 9.17) is 4.74 Å². The summed E-state index contributed by atoms with van der Waals surface area (Å²) in [4.78, 5) is 16.2. The maximum atomic E-state index is 12.0. The number of nitrogens with one attached hydrogen (secondary N) is 3. The van der Waals surface area contributed by atoms with Crippen molar-refractivity contribution in [2.75, 3.05) is 33.3 Å². The van der Waals surface area contributed by atoms with Crippen LogP contribution in [0.5, 0.6) is 0 Å². The molecule has 6 nitrogen and oxygen atoms in total. The molecule has 2 aromatic rings. The third-order valence-corrected chi connectivity index (χ3v) is 4.32. The molecule has 6 heteroatoms. The zero-order valence-electron chi connectivity index (χ0n) is 17.4. The fourth-order valence-corrected chi connectivity index (χ4v) is 2.69. The Morgan fingerprint density at radius 1 is 0.966 bits per heavy atom. The van der Waals surface area contributed by atoms with E-state index < -0.39 is 0 Å². The third kappa shape index (κ3) is 9.25. The molecule has 1 atom stereocenters. The Kier molecular flexibility index (Phi) is 10.3. The Labute approximate surface area is 173 Å². The van der Waals surface area contributed by atoms with Crippen LogP contribution < -0.4 is 16.0 Å². The SMILES string of the molecule is CN=C(NCCCNC(=O)c1ccccc1)NCC(C)COCc1ccccc1. The highest BCUT2D eigenvalue weighted by Crippen LogP contribution is 2.03. The van der Waals surface area contributed by atoms with Gasteiger partial charge in [0, 0.05) is 32.2 Å². The van der Waals surface area contributed by atoms with Crippen LogP contribution >= 0.6 is 0 Å². The van der Waals surface area contributed by atoms with Crippen molar-refractivity contribution in [3.63, 3.8) is 0 Å². The van der Waals surface area contributed by atoms with Crippen LogP contribution in [0.25, 0.3) is 0 Å². The average molecular weight is 397 g/mol. The number of hydrogen-bond donors (Lipinski definition) is 3. The molecule has 2 rings (SSSR count). The van der Waals surface area contributed by atoms with Gasteiger partial charge in [0.2, 0.25) is 0 Å². The van der Waals surface area contributed by atoms with Crippen LogP contribution in [0.4, 0.5) is 0 Å². The van der Waals surface area contributed by atoms with E-state index in [1.807, 2.05) is 48.5 Å². The van der Waals surface area contributed by atoms with Crippen molar-refractivity contribution in [1.29, 1.82) is 0 Å². The fraction of sp³-hybridized carbons (Fsp3) is 0.391. The van der Waals surface area contributed by atoms with E-state index >= 15 is 0 Å². The van der Waals surface area contributed by atoms with Gasteiger partial charge >= 0.3 is 0 Å². The first-order valence-electron chi connectivity index (χ1n) is 10.1. The highest BCUT2D eigenvalue weighted by atomic mass is 16.5. The van der Waals surface area contributed by atoms with Crippen LogP contribution in [0.15, 0.2) is 65.7 Å². The number of amides is 1. The maximum Gasteiger partial charge on any atom is 0.251 e. The van der Waals surface area contributed by atoms with Gasteiger partial charge in [-0.25, -0.2) is 0 Å². The molecule has 0 aliphatic heterocycles. The second kappa shape index (κ2) is 13.3. The smallest absolute Gasteiger partial charge is 0.251 e. The fourth-order valence-electron chi connectivity index (χ4n) is 2.69. The first-order chi connectivity index (χ1) is 14.2. The first-order valence-corrected chi connectivity index (χ1v) is 10.1. The van der Waals surface area contributed by atoms with Gasteiger partial charge in [-0.05, 0) is 30.0 Å². The number of rotatable bonds is 11. The number of benzene rings is 2. The molecule has 29 heavy (non-hydrogen) atoms. The molecule has 0 aliphatic carbocycles. The molecule has 156 valence electrons. The van der Waals surface area contributed by atoms with Gasteiger partial charge < -0.3 is 20.7 Å². The minimum absolute atomic E-state index is 0.0440. The molecule has 0 aliphatic rings. The van der Waals surface area contributed by atoms with Gasteiger partial charge in [-0.15, -0.1) is 0 Å². The van der Waals surface area contributed by atoms with E-state index in [0.717, 1.165) is 25.5 Å². The summed E-state index contributed by atoms with van der Waals surface area (Å²) in [5.41, 5.74) is 1.87. The van der Waals surface area contributed by atoms with Crippen LogP contribution in [-0.2, 0) is 11.3 Å². The van der Waals surface area contributed by atoms with Gasteiger partial charge in [0.1, 0.15) is 0 Å². The van der Waals surface area contributed by atoms with E-state index in [1.54, 1.807) is 7.05 Å². The molecular formula is C23H32N4O2. The Balaban J connectivity index is 1.53. The monoisotopic (exact) mass is 396 g/mol. The maximum absolute atomic E-state index is 12.0. The van der Waals surface area contributed by atoms with Crippen molar-refractivity contribution in [3.8, 4) is 0 Å². The summed E-state index contributed by atoms with van der Waals surface area (Å²) in [5, 5.41) is 9.50. The Morgan fingerprint density at radius 3 is 2.31 bits per heavy atom. The van der Waals surface area contributed by atoms with E-state index in [0.29, 0.717) is 31.2 Å². The molecular weight excluding hydrogens is 364 g/mol. The molecule has 3 N–H and O–H groups in total. The van der Waals surface area contributed by atoms with Gasteiger partial charge in [-0.1, -0.05) is 55.5 Å². The number of aliphatic imine (C=N–C) groups is 1. The molecule has 0 radical (unpaired) electrons. The molecule has 1 amide bonds. The summed E-state index contributed by atoms with van der Waals surface area (Å²) >= 11 is 0. The van der Waals surface area contributed by atoms with Crippen LogP contribution in [-0.4, -0.2) is 45.2 Å². The van der Waals surface area contributed by atoms with Crippen LogP contribution in [0, 0.1) is 5.92 Å². The van der Waals surface area contributed by atoms with Gasteiger partial charge in [0.25, 0.3) is 5.91 Å². The lowest BCUT2D eigenvalue weighted by molar-refractivity contribution is 0.0931. The second-order valence-corrected chi connectivity index (χ2v) is 6.96. The van der Waals surface area contributed by atoms with Crippen molar-refractivity contribution in [2.45, 2.75) is 20.0 Å². The standard InChI is InChI=1S/C23H32N4O2/c1-19(17-29-18-20-10-5-3-6-11-20)16-27-23(24-2)26-15-9-14-25-22(28)21-12-7-4-8-13-21/h3-8,10-13,19H,9,14-18H2,1-2H3,(H,25,28)(H2,24,26,27). The first kappa shape index (κ1) is 22.4. The highest BCUT2D eigenvalue weighted by molar-refractivity contribution is 5.94. The zero-order chi connectivity index (χ0) is 20.7. The van der Waals surface area contributed by atoms with Crippen LogP contribution in [0.1, 0.15) is 29.3 Å². The lowest BCUT2D eigenvalue weighted by Crippen LogP contribution is -2.41. The Hall–Kier alpha value is -2.86. The summed E-state index contributed by atoms with van der Waals surface area (Å²) in [5.74, 6) is 1.08. The third-order valence-electron chi connectivity index (χ3n) is 4.32. The number of carbonyl (C=O) groups is 1. The summed E-state index contributed by atoms with van der Waals surface area (Å²) in [6.07, 6.45) is 0.814. The van der Waals surface area contributed by atoms with E-state index in [1.165, 1.54) is 5.56 Å². The largest absolute Gasteiger partial charge is 0.376 e. The minimum Gasteiger partial charge on any atom is -0.376 e. The predicted octanol–water partition coefficient (Wildman–Crippen LogP) is 2.82. The van der Waals surface area contributed by atoms with Crippen LogP contribution in [0.2, 0.25) is 0 Å². The molecule has 0 saturated carbocycles. The van der Waals surface area contributed by atoms with Crippen molar-refractivity contribution in [2.24, 2.45) is 10.9 Å². The second-order valence-electron chi connectivity index (χ2n) is 6.96. The van der Waals surface area contributed by atoms with Gasteiger partial charge in [-0.3, -0.25) is 9.79 Å². The molecule has 0 aromatic heterocycles. The number of hydrogen-bond acceptors (Lipinski definition) is 3. The lowest BCUT2D eigenvalue weighted by Gasteiger charge is -2.16. The van der Waals surface area contributed by atoms with Gasteiger partial charge in [0.05, 0.1) is 13.2 Å². The van der Waals surface area contributed by atoms with Crippen molar-refractivity contribution >= 4 is 11.9 Å². The molecule has 0 heterocycles. The minimum atomic E-state index is -0.0440. The average Bonchev–Trinajstić information content (AvgIpc) is 2.76. The van der Waals surface area contributed by atoms with Crippen LogP contribution in [0.3, 0.4) is 0 Å². The number of carbonyl (C=O) groups excluding carboxylic acids is 1. The summed E-state index contributed by atoms with van der Waals surface area (Å²) in [7, 11) is 1.75. The summed E-state index contributed by atoms with van der Waals surface area (Å²) in [6.45, 7) is 5.58. The number of nitrogens with zero attached hydrogens (tertiary/aromatic N) is 1. The van der Waals surface area contributed by atoms with Crippen molar-refractivity contribution in [3.05, 3.63) is 71.8 Å². The topological polar surface area (TPSA) is 74.8 Å². The Morgan fingerprint density at radius 2 is 1.62 bits per heavy atom. The Bertz CT molecular complexity index is 735. The molecule has 0 bridgehead atoms. The summed E-state index contributed by atoms with van der Waals surface area (Å²) in [6, 6.07) is 19.4. The zero-order valence-corrected chi connectivity index (χ0v) is 17.4. The van der Waals surface area contributed by atoms with E-state index in [-0.39, 0.29) is 5.91 Å². The van der Waals surface area contributed by atoms with E-state index in [9.17, 15) is 4.79 Å². The predicted molar refractivity (Wildman–Crippen MR) is 118 cm³/mol. The normalized spacial score (nSPS) is 12.3. The lowest BCUT2D eigenvalue weighted by atomic mass is 10.2. The molecule has 2 aromatic carbocycles. The van der Waals surface area contributed by atoms with Gasteiger partial charge in [-0.2, -0.15) is 0 Å². The van der Waals surface area contributed by atoms with Gasteiger partial charge in [0.15, 0.2) is 5.96 Å². The highest BCUT2D eigenvalue weighted by Gasteiger charge is 2.05. The van der Waals surface area contributed by atoms with Crippen molar-refractivity contribution < 1.29 is 9.53 Å². The number of guanidine groups is 1. The molecule has 0 saturated heterocycles. The number of ether oxygens (including phenoxy) is 1. The molecule has 1 unspecified atom stereocenters. The summed E-state index contributed by atoms with van der Waals surface area (Å²) < 4.78 is 5.78.